The molecule has 6 heteroatoms. The van der Waals surface area contributed by atoms with E-state index in [2.05, 4.69) is 6.92 Å². The Balaban J connectivity index is 1.61. The largest absolute Gasteiger partial charge is 0.304 e. The van der Waals surface area contributed by atoms with Gasteiger partial charge < -0.3 is 4.90 Å². The lowest BCUT2D eigenvalue weighted by Crippen LogP contribution is -2.49. The third-order valence-electron chi connectivity index (χ3n) is 5.92. The number of benzene rings is 3. The van der Waals surface area contributed by atoms with Gasteiger partial charge in [-0.2, -0.15) is 0 Å². The number of fused-ring (bicyclic) bond motifs is 2. The predicted molar refractivity (Wildman–Crippen MR) is 121 cm³/mol. The Kier molecular flexibility index (Phi) is 4.82. The summed E-state index contributed by atoms with van der Waals surface area (Å²) < 4.78 is 13.4. The van der Waals surface area contributed by atoms with Crippen molar-refractivity contribution in [3.63, 3.8) is 0 Å². The summed E-state index contributed by atoms with van der Waals surface area (Å²) in [6.07, 6.45) is 0.904. The molecule has 0 aliphatic carbocycles. The Hall–Kier alpha value is -3.12. The van der Waals surface area contributed by atoms with Gasteiger partial charge in [0, 0.05) is 11.3 Å². The minimum absolute atomic E-state index is 0.0824. The van der Waals surface area contributed by atoms with Crippen molar-refractivity contribution in [1.82, 2.24) is 0 Å². The van der Waals surface area contributed by atoms with Gasteiger partial charge in [-0.3, -0.25) is 14.5 Å². The third-order valence-corrected chi connectivity index (χ3v) is 7.31. The first-order valence-electron chi connectivity index (χ1n) is 10.3. The van der Waals surface area contributed by atoms with Crippen molar-refractivity contribution in [2.24, 2.45) is 0 Å². The van der Waals surface area contributed by atoms with E-state index >= 15 is 0 Å². The topological polar surface area (TPSA) is 40.6 Å². The summed E-state index contributed by atoms with van der Waals surface area (Å²) in [5, 5.41) is 0. The number of rotatable bonds is 4. The van der Waals surface area contributed by atoms with E-state index < -0.39 is 4.87 Å². The molecule has 156 valence electrons. The number of nitrogens with zero attached hydrogens (tertiary/aromatic N) is 2. The molecule has 2 aliphatic rings. The summed E-state index contributed by atoms with van der Waals surface area (Å²) in [5.41, 5.74) is 4.33. The molecule has 1 atom stereocenters. The molecule has 3 aromatic rings. The van der Waals surface area contributed by atoms with E-state index in [9.17, 15) is 14.0 Å². The summed E-state index contributed by atoms with van der Waals surface area (Å²) in [7, 11) is 0. The van der Waals surface area contributed by atoms with Crippen molar-refractivity contribution in [1.29, 1.82) is 0 Å². The van der Waals surface area contributed by atoms with Gasteiger partial charge in [0.05, 0.1) is 18.0 Å². The van der Waals surface area contributed by atoms with Gasteiger partial charge >= 0.3 is 0 Å². The Labute approximate surface area is 184 Å². The van der Waals surface area contributed by atoms with Crippen molar-refractivity contribution in [2.45, 2.75) is 24.8 Å². The van der Waals surface area contributed by atoms with E-state index in [0.717, 1.165) is 28.9 Å². The van der Waals surface area contributed by atoms with E-state index in [1.54, 1.807) is 21.9 Å². The van der Waals surface area contributed by atoms with Crippen molar-refractivity contribution >= 4 is 35.0 Å². The molecular weight excluding hydrogens is 411 g/mol. The van der Waals surface area contributed by atoms with Crippen LogP contribution in [0.3, 0.4) is 0 Å². The highest BCUT2D eigenvalue weighted by Gasteiger charge is 2.60. The smallest absolute Gasteiger partial charge is 0.269 e. The van der Waals surface area contributed by atoms with Gasteiger partial charge in [0.1, 0.15) is 5.82 Å². The van der Waals surface area contributed by atoms with E-state index in [0.29, 0.717) is 6.54 Å². The molecule has 1 fully saturated rings. The Bertz CT molecular complexity index is 1160. The van der Waals surface area contributed by atoms with Gasteiger partial charge in [-0.25, -0.2) is 4.39 Å². The number of thioether (sulfide) groups is 1. The van der Waals surface area contributed by atoms with E-state index in [1.165, 1.54) is 29.5 Å². The highest BCUT2D eigenvalue weighted by atomic mass is 32.2. The molecule has 1 saturated heterocycles. The molecule has 1 spiro atoms. The molecule has 31 heavy (non-hydrogen) atoms. The van der Waals surface area contributed by atoms with Crippen LogP contribution in [0.2, 0.25) is 0 Å². The summed E-state index contributed by atoms with van der Waals surface area (Å²) in [5.74, 6) is -0.304. The van der Waals surface area contributed by atoms with Crippen molar-refractivity contribution in [3.05, 3.63) is 95.3 Å². The number of anilines is 2. The Morgan fingerprint density at radius 3 is 2.32 bits per heavy atom. The van der Waals surface area contributed by atoms with Crippen LogP contribution in [0.4, 0.5) is 15.8 Å². The van der Waals surface area contributed by atoms with Gasteiger partial charge in [0.2, 0.25) is 10.8 Å². The number of amides is 2. The SMILES string of the molecule is CCc1ccc(N2C(=O)CS[C@]23C(=O)N(Cc2ccc(F)cc2)c2ccccc23)cc1. The van der Waals surface area contributed by atoms with E-state index in [1.807, 2.05) is 48.5 Å². The first-order chi connectivity index (χ1) is 15.0. The average molecular weight is 433 g/mol. The second-order valence-corrected chi connectivity index (χ2v) is 8.88. The standard InChI is InChI=1S/C25H21FN2O2S/c1-2-17-9-13-20(14-10-17)28-23(29)16-31-25(28)21-5-3-4-6-22(21)27(24(25)30)15-18-7-11-19(26)12-8-18/h3-14H,2,15-16H2,1H3/t25-/m1/s1. The van der Waals surface area contributed by atoms with Gasteiger partial charge in [-0.1, -0.05) is 49.4 Å². The molecule has 2 aliphatic heterocycles. The van der Waals surface area contributed by atoms with Crippen LogP contribution in [0.1, 0.15) is 23.6 Å². The van der Waals surface area contributed by atoms with Crippen molar-refractivity contribution < 1.29 is 14.0 Å². The van der Waals surface area contributed by atoms with E-state index in [-0.39, 0.29) is 23.4 Å². The van der Waals surface area contributed by atoms with Crippen LogP contribution in [0.5, 0.6) is 0 Å². The molecule has 5 rings (SSSR count). The second kappa shape index (κ2) is 7.54. The Morgan fingerprint density at radius 1 is 0.935 bits per heavy atom. The average Bonchev–Trinajstić information content (AvgIpc) is 3.26. The highest BCUT2D eigenvalue weighted by Crippen LogP contribution is 2.55. The molecular formula is C25H21FN2O2S. The number of hydrogen-bond acceptors (Lipinski definition) is 3. The molecule has 4 nitrogen and oxygen atoms in total. The monoisotopic (exact) mass is 432 g/mol. The lowest BCUT2D eigenvalue weighted by atomic mass is 10.0. The lowest BCUT2D eigenvalue weighted by molar-refractivity contribution is -0.123. The molecule has 0 unspecified atom stereocenters. The molecule has 0 saturated carbocycles. The maximum Gasteiger partial charge on any atom is 0.269 e. The maximum absolute atomic E-state index is 13.9. The summed E-state index contributed by atoms with van der Waals surface area (Å²) in [6.45, 7) is 2.40. The summed E-state index contributed by atoms with van der Waals surface area (Å²) in [6, 6.07) is 21.6. The summed E-state index contributed by atoms with van der Waals surface area (Å²) >= 11 is 1.37. The number of carbonyl (C=O) groups is 2. The fourth-order valence-corrected chi connectivity index (χ4v) is 5.73. The van der Waals surface area contributed by atoms with E-state index in [4.69, 9.17) is 0 Å². The highest BCUT2D eigenvalue weighted by molar-refractivity contribution is 8.02. The summed E-state index contributed by atoms with van der Waals surface area (Å²) in [4.78, 5) is 29.2. The molecule has 0 radical (unpaired) electrons. The van der Waals surface area contributed by atoms with Gasteiger partial charge in [0.25, 0.3) is 5.91 Å². The van der Waals surface area contributed by atoms with Crippen LogP contribution in [0, 0.1) is 5.82 Å². The Morgan fingerprint density at radius 2 is 1.61 bits per heavy atom. The van der Waals surface area contributed by atoms with Crippen LogP contribution < -0.4 is 9.80 Å². The normalized spacial score (nSPS) is 20.1. The zero-order chi connectivity index (χ0) is 21.6. The van der Waals surface area contributed by atoms with Gasteiger partial charge in [-0.05, 0) is 47.9 Å². The first-order valence-corrected chi connectivity index (χ1v) is 11.2. The van der Waals surface area contributed by atoms with Crippen LogP contribution >= 0.6 is 11.8 Å². The second-order valence-electron chi connectivity index (χ2n) is 7.72. The van der Waals surface area contributed by atoms with Crippen molar-refractivity contribution in [3.8, 4) is 0 Å². The number of aryl methyl sites for hydroxylation is 1. The van der Waals surface area contributed by atoms with Gasteiger partial charge in [-0.15, -0.1) is 11.8 Å². The molecule has 0 N–H and O–H groups in total. The zero-order valence-electron chi connectivity index (χ0n) is 17.0. The van der Waals surface area contributed by atoms with Crippen LogP contribution in [-0.4, -0.2) is 17.6 Å². The molecule has 0 aromatic heterocycles. The number of halogens is 1. The van der Waals surface area contributed by atoms with Crippen molar-refractivity contribution in [2.75, 3.05) is 15.6 Å². The van der Waals surface area contributed by atoms with Crippen LogP contribution in [0.25, 0.3) is 0 Å². The fraction of sp³-hybridized carbons (Fsp3) is 0.200. The number of para-hydroxylation sites is 1. The number of carbonyl (C=O) groups excluding carboxylic acids is 2. The third kappa shape index (κ3) is 3.05. The minimum Gasteiger partial charge on any atom is -0.304 e. The van der Waals surface area contributed by atoms with Gasteiger partial charge in [0.15, 0.2) is 0 Å². The maximum atomic E-state index is 13.9. The molecule has 3 aromatic carbocycles. The fourth-order valence-electron chi connectivity index (χ4n) is 4.37. The zero-order valence-corrected chi connectivity index (χ0v) is 17.9. The quantitative estimate of drug-likeness (QED) is 0.591. The molecule has 2 amide bonds. The lowest BCUT2D eigenvalue weighted by Gasteiger charge is -2.33. The predicted octanol–water partition coefficient (Wildman–Crippen LogP) is 4.87. The molecule has 2 heterocycles. The first kappa shape index (κ1) is 19.8. The molecule has 0 bridgehead atoms. The number of hydrogen-bond donors (Lipinski definition) is 0. The minimum atomic E-state index is -1.12. The van der Waals surface area contributed by atoms with Crippen LogP contribution in [-0.2, 0) is 27.4 Å². The van der Waals surface area contributed by atoms with Crippen LogP contribution in [0.15, 0.2) is 72.8 Å².